The maximum absolute atomic E-state index is 5.67. The molecule has 1 unspecified atom stereocenters. The molecule has 1 heterocycles. The lowest BCUT2D eigenvalue weighted by atomic mass is 10.0. The normalized spacial score (nSPS) is 18.1. The van der Waals surface area contributed by atoms with Crippen LogP contribution in [-0.2, 0) is 0 Å². The minimum atomic E-state index is 0. The van der Waals surface area contributed by atoms with E-state index in [4.69, 9.17) is 4.74 Å². The summed E-state index contributed by atoms with van der Waals surface area (Å²) < 4.78 is 5.67. The standard InChI is InChI=1S/C20H34N4O.HI/c1-18-10-6-8-15-24(18)16-9-7-13-22-20(21-2)23-14-17-25-19-11-4-3-5-12-19;/h3-5,11-12,18H,6-10,13-17H2,1-2H3,(H2,21,22,23);1H. The zero-order chi connectivity index (χ0) is 17.7. The van der Waals surface area contributed by atoms with Gasteiger partial charge in [-0.2, -0.15) is 0 Å². The van der Waals surface area contributed by atoms with Gasteiger partial charge >= 0.3 is 0 Å². The van der Waals surface area contributed by atoms with E-state index in [1.54, 1.807) is 0 Å². The van der Waals surface area contributed by atoms with Crippen LogP contribution in [-0.4, -0.2) is 56.7 Å². The van der Waals surface area contributed by atoms with Gasteiger partial charge in [0.05, 0.1) is 6.54 Å². The van der Waals surface area contributed by atoms with Crippen molar-refractivity contribution >= 4 is 29.9 Å². The zero-order valence-corrected chi connectivity index (χ0v) is 18.6. The molecule has 2 N–H and O–H groups in total. The van der Waals surface area contributed by atoms with E-state index in [0.717, 1.165) is 30.8 Å². The monoisotopic (exact) mass is 474 g/mol. The van der Waals surface area contributed by atoms with Crippen molar-refractivity contribution in [3.05, 3.63) is 30.3 Å². The Morgan fingerprint density at radius 3 is 2.65 bits per heavy atom. The zero-order valence-electron chi connectivity index (χ0n) is 16.2. The highest BCUT2D eigenvalue weighted by molar-refractivity contribution is 14.0. The molecule has 1 aromatic rings. The van der Waals surface area contributed by atoms with Gasteiger partial charge in [0.15, 0.2) is 5.96 Å². The van der Waals surface area contributed by atoms with E-state index in [2.05, 4.69) is 27.4 Å². The predicted octanol–water partition coefficient (Wildman–Crippen LogP) is 3.50. The highest BCUT2D eigenvalue weighted by Gasteiger charge is 2.16. The summed E-state index contributed by atoms with van der Waals surface area (Å²) in [7, 11) is 1.81. The topological polar surface area (TPSA) is 48.9 Å². The Balaban J connectivity index is 0.00000338. The molecular weight excluding hydrogens is 439 g/mol. The minimum absolute atomic E-state index is 0. The average Bonchev–Trinajstić information content (AvgIpc) is 2.65. The molecular formula is C20H35IN4O. The van der Waals surface area contributed by atoms with Crippen molar-refractivity contribution in [2.24, 2.45) is 4.99 Å². The summed E-state index contributed by atoms with van der Waals surface area (Å²) in [6.45, 7) is 7.18. The number of para-hydroxylation sites is 1. The molecule has 26 heavy (non-hydrogen) atoms. The second kappa shape index (κ2) is 14.1. The number of unbranched alkanes of at least 4 members (excludes halogenated alkanes) is 1. The number of piperidine rings is 1. The summed E-state index contributed by atoms with van der Waals surface area (Å²) in [5.74, 6) is 1.75. The van der Waals surface area contributed by atoms with Crippen molar-refractivity contribution in [3.8, 4) is 5.75 Å². The van der Waals surface area contributed by atoms with Crippen molar-refractivity contribution < 1.29 is 4.74 Å². The number of guanidine groups is 1. The van der Waals surface area contributed by atoms with E-state index in [1.165, 1.54) is 45.2 Å². The van der Waals surface area contributed by atoms with Crippen molar-refractivity contribution in [2.45, 2.75) is 45.1 Å². The molecule has 0 aromatic heterocycles. The van der Waals surface area contributed by atoms with Crippen molar-refractivity contribution in [3.63, 3.8) is 0 Å². The average molecular weight is 474 g/mol. The van der Waals surface area contributed by atoms with Crippen molar-refractivity contribution in [1.29, 1.82) is 0 Å². The van der Waals surface area contributed by atoms with Gasteiger partial charge in [0.25, 0.3) is 0 Å². The fraction of sp³-hybridized carbons (Fsp3) is 0.650. The number of rotatable bonds is 9. The minimum Gasteiger partial charge on any atom is -0.492 e. The number of benzene rings is 1. The van der Waals surface area contributed by atoms with Gasteiger partial charge in [0, 0.05) is 19.6 Å². The van der Waals surface area contributed by atoms with Crippen molar-refractivity contribution in [1.82, 2.24) is 15.5 Å². The Hall–Kier alpha value is -1.02. The summed E-state index contributed by atoms with van der Waals surface area (Å²) in [4.78, 5) is 6.90. The lowest BCUT2D eigenvalue weighted by molar-refractivity contribution is 0.158. The molecule has 148 valence electrons. The molecule has 2 rings (SSSR count). The molecule has 0 aliphatic carbocycles. The van der Waals surface area contributed by atoms with Crippen LogP contribution >= 0.6 is 24.0 Å². The third-order valence-corrected chi connectivity index (χ3v) is 4.74. The van der Waals surface area contributed by atoms with E-state index >= 15 is 0 Å². The van der Waals surface area contributed by atoms with Gasteiger partial charge in [-0.15, -0.1) is 24.0 Å². The van der Waals surface area contributed by atoms with E-state index in [-0.39, 0.29) is 24.0 Å². The van der Waals surface area contributed by atoms with Crippen LogP contribution in [0.3, 0.4) is 0 Å². The molecule has 0 radical (unpaired) electrons. The van der Waals surface area contributed by atoms with Crippen LogP contribution in [0.25, 0.3) is 0 Å². The van der Waals surface area contributed by atoms with Crippen LogP contribution in [0.1, 0.15) is 39.0 Å². The van der Waals surface area contributed by atoms with Gasteiger partial charge in [-0.3, -0.25) is 4.99 Å². The van der Waals surface area contributed by atoms with Crippen LogP contribution in [0, 0.1) is 0 Å². The smallest absolute Gasteiger partial charge is 0.191 e. The van der Waals surface area contributed by atoms with Gasteiger partial charge in [-0.05, 0) is 57.8 Å². The second-order valence-electron chi connectivity index (χ2n) is 6.68. The second-order valence-corrected chi connectivity index (χ2v) is 6.68. The fourth-order valence-electron chi connectivity index (χ4n) is 3.21. The predicted molar refractivity (Wildman–Crippen MR) is 121 cm³/mol. The first kappa shape index (κ1) is 23.0. The summed E-state index contributed by atoms with van der Waals surface area (Å²) in [5, 5.41) is 6.67. The highest BCUT2D eigenvalue weighted by atomic mass is 127. The summed E-state index contributed by atoms with van der Waals surface area (Å²) in [6, 6.07) is 10.7. The molecule has 1 atom stereocenters. The quantitative estimate of drug-likeness (QED) is 0.249. The number of hydrogen-bond acceptors (Lipinski definition) is 3. The number of halogens is 1. The molecule has 1 saturated heterocycles. The van der Waals surface area contributed by atoms with Gasteiger partial charge in [-0.25, -0.2) is 0 Å². The van der Waals surface area contributed by atoms with E-state index in [0.29, 0.717) is 6.61 Å². The van der Waals surface area contributed by atoms with Crippen LogP contribution in [0.15, 0.2) is 35.3 Å². The molecule has 0 amide bonds. The maximum Gasteiger partial charge on any atom is 0.191 e. The Morgan fingerprint density at radius 1 is 1.15 bits per heavy atom. The maximum atomic E-state index is 5.67. The molecule has 0 bridgehead atoms. The van der Waals surface area contributed by atoms with Crippen LogP contribution in [0.5, 0.6) is 5.75 Å². The molecule has 1 aliphatic rings. The number of nitrogens with one attached hydrogen (secondary N) is 2. The molecule has 0 saturated carbocycles. The fourth-order valence-corrected chi connectivity index (χ4v) is 3.21. The number of likely N-dealkylation sites (tertiary alicyclic amines) is 1. The van der Waals surface area contributed by atoms with E-state index in [1.807, 2.05) is 37.4 Å². The van der Waals surface area contributed by atoms with Crippen molar-refractivity contribution in [2.75, 3.05) is 39.8 Å². The van der Waals surface area contributed by atoms with Gasteiger partial charge in [-0.1, -0.05) is 24.6 Å². The van der Waals surface area contributed by atoms with Gasteiger partial charge in [0.1, 0.15) is 12.4 Å². The van der Waals surface area contributed by atoms with Crippen LogP contribution in [0.2, 0.25) is 0 Å². The molecule has 1 aliphatic heterocycles. The first-order chi connectivity index (χ1) is 12.3. The Kier molecular flexibility index (Phi) is 12.5. The molecule has 5 nitrogen and oxygen atoms in total. The lowest BCUT2D eigenvalue weighted by Gasteiger charge is -2.33. The molecule has 0 spiro atoms. The Bertz CT molecular complexity index is 498. The Labute approximate surface area is 176 Å². The van der Waals surface area contributed by atoms with E-state index < -0.39 is 0 Å². The van der Waals surface area contributed by atoms with Gasteiger partial charge in [0.2, 0.25) is 0 Å². The Morgan fingerprint density at radius 2 is 1.92 bits per heavy atom. The SMILES string of the molecule is CN=C(NCCCCN1CCCCC1C)NCCOc1ccccc1.I. The molecule has 1 fully saturated rings. The third kappa shape index (κ3) is 9.07. The molecule has 6 heteroatoms. The number of ether oxygens (including phenoxy) is 1. The lowest BCUT2D eigenvalue weighted by Crippen LogP contribution is -2.40. The number of aliphatic imine (C=N–C) groups is 1. The largest absolute Gasteiger partial charge is 0.492 e. The number of hydrogen-bond donors (Lipinski definition) is 2. The highest BCUT2D eigenvalue weighted by Crippen LogP contribution is 2.16. The summed E-state index contributed by atoms with van der Waals surface area (Å²) in [6.07, 6.45) is 6.54. The third-order valence-electron chi connectivity index (χ3n) is 4.74. The molecule has 1 aromatic carbocycles. The first-order valence-corrected chi connectivity index (χ1v) is 9.66. The van der Waals surface area contributed by atoms with Gasteiger partial charge < -0.3 is 20.3 Å². The van der Waals surface area contributed by atoms with Crippen LogP contribution in [0.4, 0.5) is 0 Å². The first-order valence-electron chi connectivity index (χ1n) is 9.66. The van der Waals surface area contributed by atoms with E-state index in [9.17, 15) is 0 Å². The number of nitrogens with zero attached hydrogens (tertiary/aromatic N) is 2. The summed E-state index contributed by atoms with van der Waals surface area (Å²) in [5.41, 5.74) is 0. The van der Waals surface area contributed by atoms with Crippen LogP contribution < -0.4 is 15.4 Å². The summed E-state index contributed by atoms with van der Waals surface area (Å²) >= 11 is 0.